The average Bonchev–Trinajstić information content (AvgIpc) is 1.87. The minimum atomic E-state index is -0.355. The van der Waals surface area contributed by atoms with Crippen molar-refractivity contribution >= 4 is 0 Å². The van der Waals surface area contributed by atoms with E-state index >= 15 is 0 Å². The third-order valence-electron chi connectivity index (χ3n) is 1.84. The van der Waals surface area contributed by atoms with Gasteiger partial charge in [0.05, 0.1) is 12.2 Å². The van der Waals surface area contributed by atoms with Crippen LogP contribution in [0, 0.1) is 5.92 Å². The first-order valence-corrected chi connectivity index (χ1v) is 4.06. The van der Waals surface area contributed by atoms with Gasteiger partial charge in [-0.15, -0.1) is 6.58 Å². The molecule has 0 radical (unpaired) electrons. The van der Waals surface area contributed by atoms with Gasteiger partial charge in [0.25, 0.3) is 0 Å². The summed E-state index contributed by atoms with van der Waals surface area (Å²) in [7, 11) is 0. The molecule has 0 aliphatic rings. The molecule has 0 aliphatic heterocycles. The zero-order chi connectivity index (χ0) is 8.85. The third-order valence-corrected chi connectivity index (χ3v) is 1.84. The van der Waals surface area contributed by atoms with Gasteiger partial charge in [-0.2, -0.15) is 0 Å². The highest BCUT2D eigenvalue weighted by Crippen LogP contribution is 2.13. The molecule has 66 valence electrons. The maximum absolute atomic E-state index is 9.17. The smallest absolute Gasteiger partial charge is 0.0574 e. The lowest BCUT2D eigenvalue weighted by Gasteiger charge is -2.15. The molecule has 0 bridgehead atoms. The summed E-state index contributed by atoms with van der Waals surface area (Å²) < 4.78 is 0. The van der Waals surface area contributed by atoms with E-state index in [9.17, 15) is 5.11 Å². The average molecular weight is 158 g/mol. The summed E-state index contributed by atoms with van der Waals surface area (Å²) in [6, 6.07) is 0. The van der Waals surface area contributed by atoms with E-state index < -0.39 is 0 Å². The van der Waals surface area contributed by atoms with E-state index in [1.807, 2.05) is 0 Å². The number of aliphatic hydroxyl groups excluding tert-OH is 2. The molecule has 0 aromatic heterocycles. The molecule has 3 atom stereocenters. The summed E-state index contributed by atoms with van der Waals surface area (Å²) >= 11 is 0. The van der Waals surface area contributed by atoms with Crippen molar-refractivity contribution in [1.82, 2.24) is 0 Å². The van der Waals surface area contributed by atoms with Crippen LogP contribution in [0.1, 0.15) is 26.7 Å². The van der Waals surface area contributed by atoms with Crippen molar-refractivity contribution in [2.75, 3.05) is 0 Å². The Kier molecular flexibility index (Phi) is 5.16. The van der Waals surface area contributed by atoms with Gasteiger partial charge in [-0.3, -0.25) is 0 Å². The number of rotatable bonds is 5. The highest BCUT2D eigenvalue weighted by atomic mass is 16.3. The van der Waals surface area contributed by atoms with Gasteiger partial charge in [0, 0.05) is 5.92 Å². The molecule has 3 unspecified atom stereocenters. The van der Waals surface area contributed by atoms with E-state index in [1.54, 1.807) is 19.9 Å². The van der Waals surface area contributed by atoms with E-state index in [2.05, 4.69) is 6.58 Å². The summed E-state index contributed by atoms with van der Waals surface area (Å²) in [5.41, 5.74) is 0. The van der Waals surface area contributed by atoms with Crippen LogP contribution in [0.25, 0.3) is 0 Å². The highest BCUT2D eigenvalue weighted by molar-refractivity contribution is 4.82. The molecule has 2 heteroatoms. The summed E-state index contributed by atoms with van der Waals surface area (Å²) in [5.74, 6) is 0.115. The van der Waals surface area contributed by atoms with Crippen molar-refractivity contribution in [3.8, 4) is 0 Å². The van der Waals surface area contributed by atoms with Gasteiger partial charge in [0.15, 0.2) is 0 Å². The molecular formula is C9H18O2. The van der Waals surface area contributed by atoms with Gasteiger partial charge in [-0.25, -0.2) is 0 Å². The van der Waals surface area contributed by atoms with Crippen LogP contribution in [-0.4, -0.2) is 22.4 Å². The molecule has 0 aliphatic carbocycles. The predicted octanol–water partition coefficient (Wildman–Crippen LogP) is 1.33. The van der Waals surface area contributed by atoms with Crippen molar-refractivity contribution in [3.05, 3.63) is 12.7 Å². The molecular weight excluding hydrogens is 140 g/mol. The lowest BCUT2D eigenvalue weighted by Crippen LogP contribution is -2.15. The molecule has 0 heterocycles. The molecule has 0 rings (SSSR count). The van der Waals surface area contributed by atoms with Crippen LogP contribution in [0.3, 0.4) is 0 Å². The summed E-state index contributed by atoms with van der Waals surface area (Å²) in [6.45, 7) is 7.12. The molecule has 0 spiro atoms. The molecule has 0 amide bonds. The molecule has 11 heavy (non-hydrogen) atoms. The molecule has 2 nitrogen and oxygen atoms in total. The fourth-order valence-corrected chi connectivity index (χ4v) is 0.990. The van der Waals surface area contributed by atoms with Crippen molar-refractivity contribution in [2.24, 2.45) is 5.92 Å². The van der Waals surface area contributed by atoms with Crippen molar-refractivity contribution in [3.63, 3.8) is 0 Å². The Labute approximate surface area is 68.6 Å². The quantitative estimate of drug-likeness (QED) is 0.593. The third kappa shape index (κ3) is 4.99. The van der Waals surface area contributed by atoms with Crippen LogP contribution in [0.15, 0.2) is 12.7 Å². The molecule has 0 saturated carbocycles. The Bertz CT molecular complexity index is 108. The number of aliphatic hydroxyl groups is 2. The monoisotopic (exact) mass is 158 g/mol. The number of hydrogen-bond acceptors (Lipinski definition) is 2. The van der Waals surface area contributed by atoms with E-state index in [0.29, 0.717) is 0 Å². The Balaban J connectivity index is 3.61. The SMILES string of the molecule is C=CC(CCC(C)O)C(C)O. The van der Waals surface area contributed by atoms with Gasteiger partial charge in [0.2, 0.25) is 0 Å². The maximum Gasteiger partial charge on any atom is 0.0574 e. The van der Waals surface area contributed by atoms with Gasteiger partial charge in [-0.1, -0.05) is 6.08 Å². The minimum Gasteiger partial charge on any atom is -0.393 e. The summed E-state index contributed by atoms with van der Waals surface area (Å²) in [4.78, 5) is 0. The van der Waals surface area contributed by atoms with Gasteiger partial charge >= 0.3 is 0 Å². The molecule has 0 saturated heterocycles. The second-order valence-corrected chi connectivity index (χ2v) is 3.07. The second kappa shape index (κ2) is 5.33. The molecule has 0 aromatic carbocycles. The Morgan fingerprint density at radius 1 is 1.27 bits per heavy atom. The van der Waals surface area contributed by atoms with Crippen LogP contribution in [0.4, 0.5) is 0 Å². The lowest BCUT2D eigenvalue weighted by atomic mass is 9.97. The zero-order valence-corrected chi connectivity index (χ0v) is 7.33. The normalized spacial score (nSPS) is 18.9. The van der Waals surface area contributed by atoms with Crippen molar-refractivity contribution in [1.29, 1.82) is 0 Å². The second-order valence-electron chi connectivity index (χ2n) is 3.07. The fraction of sp³-hybridized carbons (Fsp3) is 0.778. The van der Waals surface area contributed by atoms with Crippen LogP contribution >= 0.6 is 0 Å². The first kappa shape index (κ1) is 10.7. The fourth-order valence-electron chi connectivity index (χ4n) is 0.990. The molecule has 2 N–H and O–H groups in total. The number of hydrogen-bond donors (Lipinski definition) is 2. The molecule has 0 fully saturated rings. The van der Waals surface area contributed by atoms with Crippen LogP contribution in [0.5, 0.6) is 0 Å². The van der Waals surface area contributed by atoms with E-state index in [-0.39, 0.29) is 18.1 Å². The summed E-state index contributed by atoms with van der Waals surface area (Å²) in [6.07, 6.45) is 2.63. The zero-order valence-electron chi connectivity index (χ0n) is 7.33. The first-order valence-electron chi connectivity index (χ1n) is 4.06. The van der Waals surface area contributed by atoms with Crippen molar-refractivity contribution < 1.29 is 10.2 Å². The summed E-state index contributed by atoms with van der Waals surface area (Å²) in [5, 5.41) is 18.1. The van der Waals surface area contributed by atoms with Crippen LogP contribution < -0.4 is 0 Å². The van der Waals surface area contributed by atoms with E-state index in [0.717, 1.165) is 12.8 Å². The van der Waals surface area contributed by atoms with E-state index in [1.165, 1.54) is 0 Å². The molecule has 0 aromatic rings. The van der Waals surface area contributed by atoms with E-state index in [4.69, 9.17) is 5.11 Å². The van der Waals surface area contributed by atoms with Crippen LogP contribution in [0.2, 0.25) is 0 Å². The highest BCUT2D eigenvalue weighted by Gasteiger charge is 2.11. The maximum atomic E-state index is 9.17. The van der Waals surface area contributed by atoms with Gasteiger partial charge in [-0.05, 0) is 26.7 Å². The van der Waals surface area contributed by atoms with Gasteiger partial charge in [0.1, 0.15) is 0 Å². The lowest BCUT2D eigenvalue weighted by molar-refractivity contribution is 0.124. The Morgan fingerprint density at radius 2 is 1.82 bits per heavy atom. The Morgan fingerprint density at radius 3 is 2.09 bits per heavy atom. The van der Waals surface area contributed by atoms with Crippen LogP contribution in [-0.2, 0) is 0 Å². The minimum absolute atomic E-state index is 0.115. The standard InChI is InChI=1S/C9H18O2/c1-4-9(8(3)11)6-5-7(2)10/h4,7-11H,1,5-6H2,2-3H3. The largest absolute Gasteiger partial charge is 0.393 e. The predicted molar refractivity (Wildman–Crippen MR) is 46.3 cm³/mol. The Hall–Kier alpha value is -0.340. The first-order chi connectivity index (χ1) is 5.07. The van der Waals surface area contributed by atoms with Gasteiger partial charge < -0.3 is 10.2 Å². The topological polar surface area (TPSA) is 40.5 Å². The van der Waals surface area contributed by atoms with Crippen molar-refractivity contribution in [2.45, 2.75) is 38.9 Å².